The van der Waals surface area contributed by atoms with Crippen molar-refractivity contribution in [2.45, 2.75) is 33.4 Å². The lowest BCUT2D eigenvalue weighted by Crippen LogP contribution is -2.12. The SMILES string of the molecule is CCc1c(OC)ccc2c1c1c3c(c4c5cc(OC)ccc5[nH]c4c1n2CC)CNC3=O. The number of aryl methyl sites for hydroxylation is 2. The quantitative estimate of drug-likeness (QED) is 0.410. The zero-order chi connectivity index (χ0) is 22.1. The van der Waals surface area contributed by atoms with E-state index in [1.807, 2.05) is 12.1 Å². The normalized spacial score (nSPS) is 13.4. The standard InChI is InChI=1S/C26H25N3O3/c1-5-14-19(32-4)10-9-18-21(14)23-22-16(12-27-26(22)30)20-15-11-13(31-3)7-8-17(15)28-24(20)25(23)29(18)6-2/h7-11,28H,5-6,12H2,1-4H3,(H,27,30). The number of ether oxygens (including phenoxy) is 2. The number of hydrogen-bond donors (Lipinski definition) is 2. The molecule has 3 aromatic carbocycles. The lowest BCUT2D eigenvalue weighted by molar-refractivity contribution is 0.0967. The Labute approximate surface area is 185 Å². The second-order valence-electron chi connectivity index (χ2n) is 8.28. The zero-order valence-corrected chi connectivity index (χ0v) is 18.7. The number of aromatic nitrogens is 2. The first-order valence-corrected chi connectivity index (χ1v) is 11.1. The van der Waals surface area contributed by atoms with Crippen LogP contribution in [0.25, 0.3) is 43.6 Å². The molecule has 2 aromatic heterocycles. The Morgan fingerprint density at radius 2 is 1.88 bits per heavy atom. The Morgan fingerprint density at radius 1 is 1.03 bits per heavy atom. The van der Waals surface area contributed by atoms with Crippen molar-refractivity contribution in [1.82, 2.24) is 14.9 Å². The van der Waals surface area contributed by atoms with Gasteiger partial charge in [-0.1, -0.05) is 6.92 Å². The molecule has 6 nitrogen and oxygen atoms in total. The van der Waals surface area contributed by atoms with Gasteiger partial charge in [-0.3, -0.25) is 4.79 Å². The molecule has 6 heteroatoms. The van der Waals surface area contributed by atoms with Crippen molar-refractivity contribution in [3.63, 3.8) is 0 Å². The van der Waals surface area contributed by atoms with E-state index < -0.39 is 0 Å². The summed E-state index contributed by atoms with van der Waals surface area (Å²) < 4.78 is 13.5. The molecule has 1 aliphatic rings. The summed E-state index contributed by atoms with van der Waals surface area (Å²) in [5.74, 6) is 1.66. The van der Waals surface area contributed by atoms with Gasteiger partial charge in [-0.25, -0.2) is 0 Å². The number of nitrogens with one attached hydrogen (secondary N) is 2. The van der Waals surface area contributed by atoms with E-state index in [1.165, 1.54) is 0 Å². The fourth-order valence-electron chi connectivity index (χ4n) is 5.62. The van der Waals surface area contributed by atoms with Gasteiger partial charge in [0.1, 0.15) is 11.5 Å². The van der Waals surface area contributed by atoms with Crippen LogP contribution in [0.15, 0.2) is 30.3 Å². The Morgan fingerprint density at radius 3 is 2.59 bits per heavy atom. The monoisotopic (exact) mass is 427 g/mol. The topological polar surface area (TPSA) is 68.3 Å². The van der Waals surface area contributed by atoms with Crippen LogP contribution in [0.2, 0.25) is 0 Å². The first-order valence-electron chi connectivity index (χ1n) is 11.1. The van der Waals surface area contributed by atoms with E-state index in [2.05, 4.69) is 46.9 Å². The number of rotatable bonds is 4. The number of benzene rings is 3. The van der Waals surface area contributed by atoms with Crippen LogP contribution in [0.3, 0.4) is 0 Å². The summed E-state index contributed by atoms with van der Waals surface area (Å²) in [5.41, 5.74) is 7.29. The number of nitrogens with zero attached hydrogens (tertiary/aromatic N) is 1. The van der Waals surface area contributed by atoms with Crippen molar-refractivity contribution in [3.05, 3.63) is 47.0 Å². The zero-order valence-electron chi connectivity index (χ0n) is 18.7. The first kappa shape index (κ1) is 19.0. The molecule has 0 radical (unpaired) electrons. The van der Waals surface area contributed by atoms with Gasteiger partial charge in [0.15, 0.2) is 0 Å². The van der Waals surface area contributed by atoms with Crippen LogP contribution >= 0.6 is 0 Å². The third-order valence-corrected chi connectivity index (χ3v) is 6.93. The molecular formula is C26H25N3O3. The van der Waals surface area contributed by atoms with Gasteiger partial charge in [-0.2, -0.15) is 0 Å². The number of carbonyl (C=O) groups excluding carboxylic acids is 1. The summed E-state index contributed by atoms with van der Waals surface area (Å²) in [4.78, 5) is 16.9. The van der Waals surface area contributed by atoms with Gasteiger partial charge in [0.05, 0.1) is 30.8 Å². The van der Waals surface area contributed by atoms with Crippen molar-refractivity contribution >= 4 is 49.5 Å². The van der Waals surface area contributed by atoms with Gasteiger partial charge < -0.3 is 24.3 Å². The van der Waals surface area contributed by atoms with Crippen LogP contribution in [0, 0.1) is 0 Å². The molecule has 0 fully saturated rings. The lowest BCUT2D eigenvalue weighted by atomic mass is 9.94. The number of carbonyl (C=O) groups is 1. The second kappa shape index (κ2) is 6.66. The van der Waals surface area contributed by atoms with Gasteiger partial charge in [-0.05, 0) is 49.2 Å². The van der Waals surface area contributed by atoms with Gasteiger partial charge in [0.25, 0.3) is 5.91 Å². The largest absolute Gasteiger partial charge is 0.497 e. The molecule has 162 valence electrons. The maximum Gasteiger partial charge on any atom is 0.252 e. The molecule has 2 N–H and O–H groups in total. The van der Waals surface area contributed by atoms with Gasteiger partial charge >= 0.3 is 0 Å². The van der Waals surface area contributed by atoms with E-state index in [0.717, 1.165) is 84.8 Å². The Balaban J connectivity index is 1.95. The smallest absolute Gasteiger partial charge is 0.252 e. The fourth-order valence-corrected chi connectivity index (χ4v) is 5.62. The van der Waals surface area contributed by atoms with Crippen LogP contribution in [-0.4, -0.2) is 29.7 Å². The predicted molar refractivity (Wildman–Crippen MR) is 128 cm³/mol. The van der Waals surface area contributed by atoms with Crippen molar-refractivity contribution < 1.29 is 14.3 Å². The van der Waals surface area contributed by atoms with Crippen LogP contribution < -0.4 is 14.8 Å². The van der Waals surface area contributed by atoms with Crippen LogP contribution in [0.1, 0.15) is 35.3 Å². The number of aromatic amines is 1. The van der Waals surface area contributed by atoms with Crippen molar-refractivity contribution in [1.29, 1.82) is 0 Å². The lowest BCUT2D eigenvalue weighted by Gasteiger charge is -2.10. The highest BCUT2D eigenvalue weighted by Crippen LogP contribution is 2.46. The highest BCUT2D eigenvalue weighted by Gasteiger charge is 2.31. The van der Waals surface area contributed by atoms with Gasteiger partial charge in [0, 0.05) is 51.2 Å². The molecule has 0 spiro atoms. The molecule has 0 atom stereocenters. The van der Waals surface area contributed by atoms with E-state index in [4.69, 9.17) is 9.47 Å². The maximum absolute atomic E-state index is 13.2. The van der Waals surface area contributed by atoms with E-state index in [9.17, 15) is 4.79 Å². The summed E-state index contributed by atoms with van der Waals surface area (Å²) in [6.07, 6.45) is 0.821. The Bertz CT molecular complexity index is 1590. The van der Waals surface area contributed by atoms with Crippen LogP contribution in [0.4, 0.5) is 0 Å². The minimum absolute atomic E-state index is 0.0100. The van der Waals surface area contributed by atoms with Crippen LogP contribution in [0.5, 0.6) is 11.5 Å². The summed E-state index contributed by atoms with van der Waals surface area (Å²) >= 11 is 0. The molecule has 32 heavy (non-hydrogen) atoms. The average Bonchev–Trinajstić information content (AvgIpc) is 3.48. The summed E-state index contributed by atoms with van der Waals surface area (Å²) in [7, 11) is 3.39. The maximum atomic E-state index is 13.2. The molecular weight excluding hydrogens is 402 g/mol. The molecule has 0 unspecified atom stereocenters. The molecule has 1 aliphatic heterocycles. The summed E-state index contributed by atoms with van der Waals surface area (Å²) in [6, 6.07) is 10.2. The van der Waals surface area contributed by atoms with Crippen molar-refractivity contribution in [2.75, 3.05) is 14.2 Å². The summed E-state index contributed by atoms with van der Waals surface area (Å²) in [6.45, 7) is 5.61. The fraction of sp³-hybridized carbons (Fsp3) is 0.269. The van der Waals surface area contributed by atoms with Crippen molar-refractivity contribution in [3.8, 4) is 11.5 Å². The van der Waals surface area contributed by atoms with E-state index in [0.29, 0.717) is 6.54 Å². The van der Waals surface area contributed by atoms with Gasteiger partial charge in [-0.15, -0.1) is 0 Å². The number of fused-ring (bicyclic) bond motifs is 10. The molecule has 1 amide bonds. The van der Waals surface area contributed by atoms with Gasteiger partial charge in [0.2, 0.25) is 0 Å². The van der Waals surface area contributed by atoms with E-state index in [1.54, 1.807) is 14.2 Å². The molecule has 0 saturated carbocycles. The van der Waals surface area contributed by atoms with Crippen molar-refractivity contribution in [2.24, 2.45) is 0 Å². The van der Waals surface area contributed by atoms with Crippen LogP contribution in [-0.2, 0) is 19.5 Å². The molecule has 6 rings (SSSR count). The molecule has 0 bridgehead atoms. The van der Waals surface area contributed by atoms with E-state index in [-0.39, 0.29) is 5.91 Å². The third-order valence-electron chi connectivity index (χ3n) is 6.93. The molecule has 5 aromatic rings. The third kappa shape index (κ3) is 2.22. The molecule has 0 saturated heterocycles. The second-order valence-corrected chi connectivity index (χ2v) is 8.28. The number of methoxy groups -OCH3 is 2. The number of amides is 1. The highest BCUT2D eigenvalue weighted by atomic mass is 16.5. The average molecular weight is 428 g/mol. The molecule has 3 heterocycles. The first-order chi connectivity index (χ1) is 15.6. The predicted octanol–water partition coefficient (Wildman–Crippen LogP) is 5.27. The minimum Gasteiger partial charge on any atom is -0.497 e. The summed E-state index contributed by atoms with van der Waals surface area (Å²) in [5, 5.41) is 7.41. The number of hydrogen-bond acceptors (Lipinski definition) is 3. The Hall–Kier alpha value is -3.67. The Kier molecular flexibility index (Phi) is 3.97. The molecule has 0 aliphatic carbocycles. The minimum atomic E-state index is -0.0100. The number of H-pyrrole nitrogens is 1. The van der Waals surface area contributed by atoms with E-state index >= 15 is 0 Å². The highest BCUT2D eigenvalue weighted by molar-refractivity contribution is 6.31.